The summed E-state index contributed by atoms with van der Waals surface area (Å²) in [6.07, 6.45) is 7.08. The highest BCUT2D eigenvalue weighted by Crippen LogP contribution is 2.50. The Labute approximate surface area is 100 Å². The predicted octanol–water partition coefficient (Wildman–Crippen LogP) is 3.51. The van der Waals surface area contributed by atoms with Gasteiger partial charge in [0.25, 0.3) is 0 Å². The van der Waals surface area contributed by atoms with Crippen LogP contribution in [0.2, 0.25) is 0 Å². The van der Waals surface area contributed by atoms with Crippen molar-refractivity contribution in [3.8, 4) is 0 Å². The average Bonchev–Trinajstić information content (AvgIpc) is 2.92. The Hall–Kier alpha value is -0.530. The fraction of sp³-hybridized carbons (Fsp3) is 0.929. The summed E-state index contributed by atoms with van der Waals surface area (Å²) < 4.78 is 0. The molecule has 2 heteroatoms. The van der Waals surface area contributed by atoms with E-state index in [0.717, 1.165) is 25.2 Å². The Morgan fingerprint density at radius 3 is 2.25 bits per heavy atom. The number of carbonyl (C=O) groups excluding carboxylic acids is 1. The lowest BCUT2D eigenvalue weighted by Gasteiger charge is -2.17. The van der Waals surface area contributed by atoms with Crippen molar-refractivity contribution >= 4 is 5.91 Å². The minimum absolute atomic E-state index is 0.0290. The molecule has 0 radical (unpaired) electrons. The van der Waals surface area contributed by atoms with Gasteiger partial charge in [0, 0.05) is 11.5 Å². The summed E-state index contributed by atoms with van der Waals surface area (Å²) in [6.45, 7) is 8.59. The van der Waals surface area contributed by atoms with Gasteiger partial charge in [-0.3, -0.25) is 4.79 Å². The average molecular weight is 225 g/mol. The molecule has 0 aliphatic heterocycles. The molecule has 0 unspecified atom stereocenters. The van der Waals surface area contributed by atoms with Crippen molar-refractivity contribution in [3.05, 3.63) is 0 Å². The number of rotatable bonds is 7. The van der Waals surface area contributed by atoms with Crippen molar-refractivity contribution in [1.29, 1.82) is 0 Å². The number of carbonyl (C=O) groups is 1. The van der Waals surface area contributed by atoms with Gasteiger partial charge in [0.2, 0.25) is 5.91 Å². The zero-order valence-corrected chi connectivity index (χ0v) is 11.3. The third-order valence-corrected chi connectivity index (χ3v) is 3.44. The second-order valence-corrected chi connectivity index (χ2v) is 6.05. The zero-order valence-electron chi connectivity index (χ0n) is 11.3. The number of nitrogens with one attached hydrogen (secondary N) is 1. The second kappa shape index (κ2) is 5.70. The van der Waals surface area contributed by atoms with Crippen LogP contribution in [-0.4, -0.2) is 11.9 Å². The van der Waals surface area contributed by atoms with Crippen LogP contribution in [0.25, 0.3) is 0 Å². The second-order valence-electron chi connectivity index (χ2n) is 6.05. The first-order chi connectivity index (χ1) is 7.46. The maximum Gasteiger partial charge on any atom is 0.226 e. The van der Waals surface area contributed by atoms with E-state index in [1.165, 1.54) is 19.3 Å². The van der Waals surface area contributed by atoms with E-state index in [1.807, 2.05) is 13.8 Å². The molecule has 0 aromatic heterocycles. The first-order valence-corrected chi connectivity index (χ1v) is 6.77. The van der Waals surface area contributed by atoms with Gasteiger partial charge in [-0.2, -0.15) is 0 Å². The van der Waals surface area contributed by atoms with E-state index in [9.17, 15) is 4.79 Å². The van der Waals surface area contributed by atoms with Gasteiger partial charge in [-0.1, -0.05) is 33.1 Å². The van der Waals surface area contributed by atoms with Crippen LogP contribution in [0.3, 0.4) is 0 Å². The smallest absolute Gasteiger partial charge is 0.226 e. The molecule has 2 nitrogen and oxygen atoms in total. The van der Waals surface area contributed by atoms with E-state index in [0.29, 0.717) is 5.91 Å². The Morgan fingerprint density at radius 2 is 1.81 bits per heavy atom. The largest absolute Gasteiger partial charge is 0.353 e. The van der Waals surface area contributed by atoms with Crippen LogP contribution in [0.15, 0.2) is 0 Å². The van der Waals surface area contributed by atoms with Gasteiger partial charge >= 0.3 is 0 Å². The van der Waals surface area contributed by atoms with Gasteiger partial charge < -0.3 is 5.32 Å². The molecule has 0 atom stereocenters. The van der Waals surface area contributed by atoms with E-state index < -0.39 is 0 Å². The van der Waals surface area contributed by atoms with Gasteiger partial charge in [-0.25, -0.2) is 0 Å². The molecule has 1 amide bonds. The van der Waals surface area contributed by atoms with Crippen LogP contribution in [0.1, 0.15) is 66.2 Å². The van der Waals surface area contributed by atoms with E-state index in [-0.39, 0.29) is 11.5 Å². The fourth-order valence-electron chi connectivity index (χ4n) is 2.17. The molecule has 0 heterocycles. The summed E-state index contributed by atoms with van der Waals surface area (Å²) in [5.41, 5.74) is 0.0290. The van der Waals surface area contributed by atoms with Crippen molar-refractivity contribution in [1.82, 2.24) is 5.32 Å². The number of hydrogen-bond donors (Lipinski definition) is 1. The molecule has 0 spiro atoms. The monoisotopic (exact) mass is 225 g/mol. The third kappa shape index (κ3) is 4.15. The number of unbranched alkanes of at least 4 members (excludes halogenated alkanes) is 1. The predicted molar refractivity (Wildman–Crippen MR) is 68.3 cm³/mol. The summed E-state index contributed by atoms with van der Waals surface area (Å²) in [7, 11) is 0. The molecule has 0 bridgehead atoms. The molecule has 1 fully saturated rings. The molecule has 16 heavy (non-hydrogen) atoms. The lowest BCUT2D eigenvalue weighted by molar-refractivity contribution is -0.127. The normalized spacial score (nSPS) is 17.9. The molecule has 94 valence electrons. The van der Waals surface area contributed by atoms with E-state index in [4.69, 9.17) is 0 Å². The molecule has 1 rings (SSSR count). The quantitative estimate of drug-likeness (QED) is 0.660. The maximum absolute atomic E-state index is 12.0. The van der Waals surface area contributed by atoms with Crippen LogP contribution in [0.5, 0.6) is 0 Å². The standard InChI is InChI=1S/C14H27NO/c1-11(2)7-5-6-8-14(9-10-14)13(16)15-12(3)4/h11-12H,5-10H2,1-4H3,(H,15,16). The van der Waals surface area contributed by atoms with Crippen molar-refractivity contribution in [2.75, 3.05) is 0 Å². The zero-order chi connectivity index (χ0) is 12.2. The van der Waals surface area contributed by atoms with Gasteiger partial charge in [-0.15, -0.1) is 0 Å². The van der Waals surface area contributed by atoms with Crippen LogP contribution in [0, 0.1) is 11.3 Å². The van der Waals surface area contributed by atoms with Crippen molar-refractivity contribution < 1.29 is 4.79 Å². The molecule has 0 aromatic carbocycles. The highest BCUT2D eigenvalue weighted by Gasteiger charge is 2.48. The van der Waals surface area contributed by atoms with Crippen LogP contribution < -0.4 is 5.32 Å². The highest BCUT2D eigenvalue weighted by atomic mass is 16.2. The van der Waals surface area contributed by atoms with Crippen LogP contribution >= 0.6 is 0 Å². The lowest BCUT2D eigenvalue weighted by Crippen LogP contribution is -2.36. The SMILES string of the molecule is CC(C)CCCCC1(C(=O)NC(C)C)CC1. The first-order valence-electron chi connectivity index (χ1n) is 6.77. The van der Waals surface area contributed by atoms with Crippen molar-refractivity contribution in [3.63, 3.8) is 0 Å². The van der Waals surface area contributed by atoms with Crippen molar-refractivity contribution in [2.24, 2.45) is 11.3 Å². The molecule has 1 N–H and O–H groups in total. The molecule has 0 saturated heterocycles. The van der Waals surface area contributed by atoms with Gasteiger partial charge in [-0.05, 0) is 39.0 Å². The molecular formula is C14H27NO. The first kappa shape index (κ1) is 13.5. The van der Waals surface area contributed by atoms with Crippen molar-refractivity contribution in [2.45, 2.75) is 72.3 Å². The number of hydrogen-bond acceptors (Lipinski definition) is 1. The van der Waals surface area contributed by atoms with Gasteiger partial charge in [0.1, 0.15) is 0 Å². The van der Waals surface area contributed by atoms with Gasteiger partial charge in [0.15, 0.2) is 0 Å². The number of amides is 1. The molecule has 1 aliphatic carbocycles. The van der Waals surface area contributed by atoms with Crippen LogP contribution in [-0.2, 0) is 4.79 Å². The van der Waals surface area contributed by atoms with Gasteiger partial charge in [0.05, 0.1) is 0 Å². The topological polar surface area (TPSA) is 29.1 Å². The minimum Gasteiger partial charge on any atom is -0.353 e. The van der Waals surface area contributed by atoms with Crippen LogP contribution in [0.4, 0.5) is 0 Å². The van der Waals surface area contributed by atoms with E-state index in [1.54, 1.807) is 0 Å². The third-order valence-electron chi connectivity index (χ3n) is 3.44. The highest BCUT2D eigenvalue weighted by molar-refractivity contribution is 5.85. The fourth-order valence-corrected chi connectivity index (χ4v) is 2.17. The Kier molecular flexibility index (Phi) is 4.82. The molecule has 1 aliphatic rings. The van der Waals surface area contributed by atoms with E-state index in [2.05, 4.69) is 19.2 Å². The Morgan fingerprint density at radius 1 is 1.19 bits per heavy atom. The molecule has 1 saturated carbocycles. The molecular weight excluding hydrogens is 198 g/mol. The maximum atomic E-state index is 12.0. The summed E-state index contributed by atoms with van der Waals surface area (Å²) in [6, 6.07) is 0.278. The molecule has 0 aromatic rings. The Balaban J connectivity index is 2.22. The summed E-state index contributed by atoms with van der Waals surface area (Å²) in [5, 5.41) is 3.06. The lowest BCUT2D eigenvalue weighted by atomic mass is 9.95. The summed E-state index contributed by atoms with van der Waals surface area (Å²) in [5.74, 6) is 1.09. The van der Waals surface area contributed by atoms with E-state index >= 15 is 0 Å². The summed E-state index contributed by atoms with van der Waals surface area (Å²) >= 11 is 0. The Bertz CT molecular complexity index is 229. The summed E-state index contributed by atoms with van der Waals surface area (Å²) in [4.78, 5) is 12.0. The minimum atomic E-state index is 0.0290.